The molecule has 0 atom stereocenters. The summed E-state index contributed by atoms with van der Waals surface area (Å²) in [4.78, 5) is 4.07. The third-order valence-corrected chi connectivity index (χ3v) is 4.55. The van der Waals surface area contributed by atoms with Gasteiger partial charge in [-0.1, -0.05) is 0 Å². The Kier molecular flexibility index (Phi) is 3.47. The summed E-state index contributed by atoms with van der Waals surface area (Å²) in [7, 11) is 0. The number of phenols is 1. The molecule has 0 aliphatic rings. The zero-order valence-electron chi connectivity index (χ0n) is 8.67. The second-order valence-corrected chi connectivity index (χ2v) is 5.83. The Labute approximate surface area is 101 Å². The van der Waals surface area contributed by atoms with Gasteiger partial charge in [-0.05, 0) is 0 Å². The summed E-state index contributed by atoms with van der Waals surface area (Å²) in [5.74, 6) is 0.327. The van der Waals surface area contributed by atoms with E-state index in [9.17, 15) is 5.11 Å². The van der Waals surface area contributed by atoms with Gasteiger partial charge in [0.05, 0.1) is 0 Å². The molecule has 4 heteroatoms. The number of hydrogen-bond donors (Lipinski definition) is 2. The molecule has 0 saturated carbocycles. The van der Waals surface area contributed by atoms with Crippen molar-refractivity contribution in [1.29, 1.82) is 0 Å². The van der Waals surface area contributed by atoms with Crippen molar-refractivity contribution in [2.45, 2.75) is 5.21 Å². The van der Waals surface area contributed by atoms with Gasteiger partial charge in [-0.2, -0.15) is 0 Å². The van der Waals surface area contributed by atoms with Crippen molar-refractivity contribution in [3.8, 4) is 5.75 Å². The standard InChI is InChI=1S/C12H12AsN2O/c14-11-3-4-12(16)9(6-11)7-13-10-2-1-5-15-8-10/h1-6,8,16H,7,14H2. The number of aromatic nitrogens is 1. The molecular weight excluding hydrogens is 263 g/mol. The average molecular weight is 275 g/mol. The zero-order chi connectivity index (χ0) is 11.4. The van der Waals surface area contributed by atoms with Crippen molar-refractivity contribution >= 4 is 25.8 Å². The van der Waals surface area contributed by atoms with Crippen LogP contribution in [-0.2, 0) is 5.21 Å². The fraction of sp³-hybridized carbons (Fsp3) is 0.0833. The van der Waals surface area contributed by atoms with E-state index < -0.39 is 0 Å². The van der Waals surface area contributed by atoms with E-state index in [2.05, 4.69) is 11.1 Å². The molecule has 2 rings (SSSR count). The maximum absolute atomic E-state index is 9.66. The molecule has 1 aromatic heterocycles. The average Bonchev–Trinajstić information content (AvgIpc) is 2.32. The fourth-order valence-corrected chi connectivity index (χ4v) is 3.34. The van der Waals surface area contributed by atoms with E-state index in [1.807, 2.05) is 18.3 Å². The molecule has 3 N–H and O–H groups in total. The topological polar surface area (TPSA) is 59.1 Å². The predicted molar refractivity (Wildman–Crippen MR) is 65.8 cm³/mol. The van der Waals surface area contributed by atoms with Gasteiger partial charge in [0.1, 0.15) is 0 Å². The monoisotopic (exact) mass is 275 g/mol. The van der Waals surface area contributed by atoms with E-state index >= 15 is 0 Å². The van der Waals surface area contributed by atoms with Crippen LogP contribution in [0.25, 0.3) is 0 Å². The molecule has 0 aliphatic carbocycles. The van der Waals surface area contributed by atoms with Crippen LogP contribution in [0.5, 0.6) is 5.75 Å². The number of nitrogens with zero attached hydrogens (tertiary/aromatic N) is 1. The van der Waals surface area contributed by atoms with Gasteiger partial charge in [0.15, 0.2) is 0 Å². The first kappa shape index (κ1) is 11.0. The number of pyridine rings is 1. The number of nitrogens with two attached hydrogens (primary N) is 1. The number of phenolic OH excluding ortho intramolecular Hbond substituents is 1. The summed E-state index contributed by atoms with van der Waals surface area (Å²) >= 11 is -0.0100. The number of hydrogen-bond acceptors (Lipinski definition) is 3. The van der Waals surface area contributed by atoms with Gasteiger partial charge >= 0.3 is 101 Å². The molecular formula is C12H12AsN2O. The van der Waals surface area contributed by atoms with Crippen LogP contribution in [0.4, 0.5) is 5.69 Å². The van der Waals surface area contributed by atoms with Crippen LogP contribution in [0.1, 0.15) is 5.56 Å². The predicted octanol–water partition coefficient (Wildman–Crippen LogP) is 0.899. The van der Waals surface area contributed by atoms with Crippen LogP contribution in [0.2, 0.25) is 0 Å². The first-order chi connectivity index (χ1) is 7.75. The number of anilines is 1. The van der Waals surface area contributed by atoms with Gasteiger partial charge in [0.25, 0.3) is 0 Å². The molecule has 3 nitrogen and oxygen atoms in total. The molecule has 2 aromatic rings. The summed E-state index contributed by atoms with van der Waals surface area (Å²) in [6, 6.07) is 9.19. The third kappa shape index (κ3) is 2.77. The molecule has 0 amide bonds. The first-order valence-electron chi connectivity index (χ1n) is 4.90. The number of benzene rings is 1. The Morgan fingerprint density at radius 3 is 2.94 bits per heavy atom. The molecule has 1 heterocycles. The summed E-state index contributed by atoms with van der Waals surface area (Å²) in [6.07, 6.45) is 3.64. The number of aromatic hydroxyl groups is 1. The third-order valence-electron chi connectivity index (χ3n) is 2.18. The molecule has 81 valence electrons. The molecule has 0 saturated heterocycles. The second-order valence-electron chi connectivity index (χ2n) is 3.42. The second kappa shape index (κ2) is 5.04. The molecule has 0 unspecified atom stereocenters. The number of nitrogen functional groups attached to an aromatic ring is 1. The molecule has 0 spiro atoms. The van der Waals surface area contributed by atoms with Gasteiger partial charge in [-0.15, -0.1) is 0 Å². The maximum atomic E-state index is 9.66. The summed E-state index contributed by atoms with van der Waals surface area (Å²) in [6.45, 7) is 0. The van der Waals surface area contributed by atoms with Crippen LogP contribution >= 0.6 is 0 Å². The molecule has 0 aliphatic heterocycles. The zero-order valence-corrected chi connectivity index (χ0v) is 10.5. The SMILES string of the molecule is Nc1ccc(O)c(C[As]c2cccnc2)c1. The number of rotatable bonds is 3. The molecule has 0 bridgehead atoms. The Morgan fingerprint density at radius 2 is 2.19 bits per heavy atom. The molecule has 1 aromatic carbocycles. The van der Waals surface area contributed by atoms with Crippen LogP contribution < -0.4 is 10.1 Å². The van der Waals surface area contributed by atoms with Gasteiger partial charge < -0.3 is 0 Å². The van der Waals surface area contributed by atoms with Crippen molar-refractivity contribution in [3.63, 3.8) is 0 Å². The van der Waals surface area contributed by atoms with Gasteiger partial charge in [0, 0.05) is 0 Å². The van der Waals surface area contributed by atoms with E-state index in [0.717, 1.165) is 10.8 Å². The van der Waals surface area contributed by atoms with Crippen LogP contribution in [0.3, 0.4) is 0 Å². The summed E-state index contributed by atoms with van der Waals surface area (Å²) in [5.41, 5.74) is 7.30. The van der Waals surface area contributed by atoms with E-state index in [1.54, 1.807) is 18.3 Å². The molecule has 16 heavy (non-hydrogen) atoms. The van der Waals surface area contributed by atoms with Crippen LogP contribution in [0, 0.1) is 0 Å². The summed E-state index contributed by atoms with van der Waals surface area (Å²) < 4.78 is 1.25. The van der Waals surface area contributed by atoms with Crippen molar-refractivity contribution in [1.82, 2.24) is 4.98 Å². The quantitative estimate of drug-likeness (QED) is 0.497. The van der Waals surface area contributed by atoms with Crippen molar-refractivity contribution in [3.05, 3.63) is 48.3 Å². The van der Waals surface area contributed by atoms with Gasteiger partial charge in [-0.25, -0.2) is 0 Å². The minimum atomic E-state index is -0.0100. The normalized spacial score (nSPS) is 11.0. The minimum absolute atomic E-state index is 0.0100. The van der Waals surface area contributed by atoms with Crippen molar-refractivity contribution < 1.29 is 5.11 Å². The van der Waals surface area contributed by atoms with E-state index in [0.29, 0.717) is 11.4 Å². The van der Waals surface area contributed by atoms with Crippen molar-refractivity contribution in [2.24, 2.45) is 0 Å². The molecule has 1 radical (unpaired) electrons. The van der Waals surface area contributed by atoms with Gasteiger partial charge in [0.2, 0.25) is 0 Å². The van der Waals surface area contributed by atoms with Crippen LogP contribution in [-0.4, -0.2) is 25.8 Å². The Hall–Kier alpha value is -1.47. The van der Waals surface area contributed by atoms with E-state index in [1.165, 1.54) is 4.35 Å². The van der Waals surface area contributed by atoms with E-state index in [-0.39, 0.29) is 15.8 Å². The first-order valence-corrected chi connectivity index (χ1v) is 7.17. The Balaban J connectivity index is 2.08. The van der Waals surface area contributed by atoms with Gasteiger partial charge in [-0.3, -0.25) is 0 Å². The Morgan fingerprint density at radius 1 is 1.31 bits per heavy atom. The Bertz CT molecular complexity index is 474. The van der Waals surface area contributed by atoms with E-state index in [4.69, 9.17) is 5.73 Å². The summed E-state index contributed by atoms with van der Waals surface area (Å²) in [5, 5.41) is 10.5. The van der Waals surface area contributed by atoms with Crippen molar-refractivity contribution in [2.75, 3.05) is 5.73 Å². The van der Waals surface area contributed by atoms with Crippen LogP contribution in [0.15, 0.2) is 42.7 Å². The fourth-order valence-electron chi connectivity index (χ4n) is 1.36. The molecule has 0 fully saturated rings.